The summed E-state index contributed by atoms with van der Waals surface area (Å²) in [6.45, 7) is 5.71. The highest BCUT2D eigenvalue weighted by molar-refractivity contribution is 6.34. The van der Waals surface area contributed by atoms with Gasteiger partial charge in [0.25, 0.3) is 0 Å². The number of hydrogen-bond acceptors (Lipinski definition) is 2. The molecule has 0 spiro atoms. The molecule has 1 N–H and O–H groups in total. The van der Waals surface area contributed by atoms with Crippen LogP contribution in [0.5, 0.6) is 0 Å². The molecule has 18 heavy (non-hydrogen) atoms. The van der Waals surface area contributed by atoms with E-state index in [1.54, 1.807) is 0 Å². The number of nitrogens with one attached hydrogen (secondary N) is 1. The van der Waals surface area contributed by atoms with Crippen molar-refractivity contribution in [1.29, 1.82) is 0 Å². The Morgan fingerprint density at radius 3 is 2.94 bits per heavy atom. The fraction of sp³-hybridized carbons (Fsp3) is 0.500. The lowest BCUT2D eigenvalue weighted by atomic mass is 10.2. The van der Waals surface area contributed by atoms with Crippen LogP contribution in [0.25, 0.3) is 0 Å². The number of carbonyl (C=O) groups is 1. The maximum absolute atomic E-state index is 12.3. The second-order valence-electron chi connectivity index (χ2n) is 4.69. The molecular weight excluding hydrogens is 248 g/mol. The van der Waals surface area contributed by atoms with Gasteiger partial charge in [-0.2, -0.15) is 0 Å². The van der Waals surface area contributed by atoms with Gasteiger partial charge in [0.1, 0.15) is 0 Å². The lowest BCUT2D eigenvalue weighted by Gasteiger charge is -2.20. The van der Waals surface area contributed by atoms with Gasteiger partial charge < -0.3 is 10.2 Å². The second kappa shape index (κ2) is 5.72. The molecule has 0 aliphatic carbocycles. The summed E-state index contributed by atoms with van der Waals surface area (Å²) in [4.78, 5) is 14.1. The Labute approximate surface area is 113 Å². The first-order valence-electron chi connectivity index (χ1n) is 6.45. The number of nitrogens with zero attached hydrogens (tertiary/aromatic N) is 1. The fourth-order valence-electron chi connectivity index (χ4n) is 2.37. The number of halogens is 1. The zero-order chi connectivity index (χ0) is 13.1. The van der Waals surface area contributed by atoms with Gasteiger partial charge in [-0.25, -0.2) is 0 Å². The van der Waals surface area contributed by atoms with Gasteiger partial charge in [0, 0.05) is 6.54 Å². The summed E-state index contributed by atoms with van der Waals surface area (Å²) in [6, 6.07) is 5.68. The summed E-state index contributed by atoms with van der Waals surface area (Å²) in [5, 5.41) is 3.94. The van der Waals surface area contributed by atoms with Crippen molar-refractivity contribution in [1.82, 2.24) is 5.32 Å². The molecule has 1 saturated heterocycles. The van der Waals surface area contributed by atoms with Crippen LogP contribution in [0.15, 0.2) is 18.2 Å². The Hall–Kier alpha value is -1.06. The molecule has 0 aromatic heterocycles. The number of benzene rings is 1. The Morgan fingerprint density at radius 2 is 2.28 bits per heavy atom. The van der Waals surface area contributed by atoms with Crippen molar-refractivity contribution >= 4 is 23.2 Å². The second-order valence-corrected chi connectivity index (χ2v) is 5.10. The van der Waals surface area contributed by atoms with Crippen molar-refractivity contribution in [2.45, 2.75) is 32.7 Å². The Balaban J connectivity index is 2.18. The molecule has 2 rings (SSSR count). The first-order valence-corrected chi connectivity index (χ1v) is 6.82. The summed E-state index contributed by atoms with van der Waals surface area (Å²) in [5.41, 5.74) is 1.91. The molecule has 1 aromatic carbocycles. The van der Waals surface area contributed by atoms with Gasteiger partial charge in [-0.3, -0.25) is 4.79 Å². The van der Waals surface area contributed by atoms with E-state index in [1.165, 1.54) is 0 Å². The van der Waals surface area contributed by atoms with E-state index in [4.69, 9.17) is 11.6 Å². The molecule has 0 radical (unpaired) electrons. The topological polar surface area (TPSA) is 32.3 Å². The monoisotopic (exact) mass is 266 g/mol. The Morgan fingerprint density at radius 1 is 1.50 bits per heavy atom. The third kappa shape index (κ3) is 2.52. The van der Waals surface area contributed by atoms with Crippen LogP contribution in [0.4, 0.5) is 5.69 Å². The number of amides is 1. The fourth-order valence-corrected chi connectivity index (χ4v) is 2.70. The third-order valence-electron chi connectivity index (χ3n) is 3.30. The number of aryl methyl sites for hydroxylation is 1. The van der Waals surface area contributed by atoms with E-state index in [2.05, 4.69) is 12.2 Å². The molecular formula is C14H19ClN2O. The van der Waals surface area contributed by atoms with Crippen LogP contribution in [-0.2, 0) is 4.79 Å². The normalized spacial score (nSPS) is 19.6. The largest absolute Gasteiger partial charge is 0.309 e. The van der Waals surface area contributed by atoms with Crippen molar-refractivity contribution in [2.75, 3.05) is 18.0 Å². The van der Waals surface area contributed by atoms with Crippen molar-refractivity contribution in [3.8, 4) is 0 Å². The van der Waals surface area contributed by atoms with E-state index in [-0.39, 0.29) is 11.9 Å². The average molecular weight is 267 g/mol. The molecule has 1 unspecified atom stereocenters. The van der Waals surface area contributed by atoms with Crippen LogP contribution in [-0.4, -0.2) is 25.0 Å². The average Bonchev–Trinajstić information content (AvgIpc) is 2.69. The van der Waals surface area contributed by atoms with E-state index in [1.807, 2.05) is 30.0 Å². The Bertz CT molecular complexity index is 427. The van der Waals surface area contributed by atoms with E-state index < -0.39 is 0 Å². The molecule has 1 aromatic rings. The molecule has 1 aliphatic heterocycles. The van der Waals surface area contributed by atoms with E-state index in [0.29, 0.717) is 5.02 Å². The highest BCUT2D eigenvalue weighted by Gasteiger charge is 2.33. The molecule has 0 saturated carbocycles. The van der Waals surface area contributed by atoms with Gasteiger partial charge in [-0.15, -0.1) is 0 Å². The summed E-state index contributed by atoms with van der Waals surface area (Å²) < 4.78 is 0. The number of carbonyl (C=O) groups excluding carboxylic acids is 1. The maximum Gasteiger partial charge on any atom is 0.244 e. The van der Waals surface area contributed by atoms with Gasteiger partial charge in [-0.1, -0.05) is 30.7 Å². The molecule has 3 nitrogen and oxygen atoms in total. The number of anilines is 1. The van der Waals surface area contributed by atoms with Crippen LogP contribution in [0.1, 0.15) is 25.3 Å². The standard InChI is InChI=1S/C14H19ClN2O/c1-3-8-16-12-7-9-17(14(12)18)13-10(2)5-4-6-11(13)15/h4-6,12,16H,3,7-9H2,1-2H3. The SMILES string of the molecule is CCCNC1CCN(c2c(C)cccc2Cl)C1=O. The van der Waals surface area contributed by atoms with Crippen molar-refractivity contribution in [3.05, 3.63) is 28.8 Å². The quantitative estimate of drug-likeness (QED) is 0.909. The molecule has 1 heterocycles. The smallest absolute Gasteiger partial charge is 0.244 e. The Kier molecular flexibility index (Phi) is 4.25. The zero-order valence-electron chi connectivity index (χ0n) is 10.9. The van der Waals surface area contributed by atoms with Crippen molar-refractivity contribution in [3.63, 3.8) is 0 Å². The van der Waals surface area contributed by atoms with Gasteiger partial charge in [0.05, 0.1) is 16.8 Å². The summed E-state index contributed by atoms with van der Waals surface area (Å²) >= 11 is 6.21. The van der Waals surface area contributed by atoms with Crippen LogP contribution in [0.2, 0.25) is 5.02 Å². The van der Waals surface area contributed by atoms with Crippen LogP contribution in [0.3, 0.4) is 0 Å². The minimum atomic E-state index is -0.0550. The molecule has 98 valence electrons. The minimum Gasteiger partial charge on any atom is -0.309 e. The number of rotatable bonds is 4. The van der Waals surface area contributed by atoms with Gasteiger partial charge in [0.2, 0.25) is 5.91 Å². The maximum atomic E-state index is 12.3. The summed E-state index contributed by atoms with van der Waals surface area (Å²) in [5.74, 6) is 0.139. The van der Waals surface area contributed by atoms with Crippen molar-refractivity contribution in [2.24, 2.45) is 0 Å². The molecule has 0 bridgehead atoms. The highest BCUT2D eigenvalue weighted by atomic mass is 35.5. The van der Waals surface area contributed by atoms with Crippen LogP contribution < -0.4 is 10.2 Å². The minimum absolute atomic E-state index is 0.0550. The van der Waals surface area contributed by atoms with Gasteiger partial charge in [-0.05, 0) is 37.9 Å². The predicted molar refractivity (Wildman–Crippen MR) is 75.2 cm³/mol. The number of hydrogen-bond donors (Lipinski definition) is 1. The van der Waals surface area contributed by atoms with Gasteiger partial charge >= 0.3 is 0 Å². The van der Waals surface area contributed by atoms with Crippen LogP contribution in [0, 0.1) is 6.92 Å². The predicted octanol–water partition coefficient (Wildman–Crippen LogP) is 2.75. The third-order valence-corrected chi connectivity index (χ3v) is 3.61. The molecule has 4 heteroatoms. The molecule has 1 aliphatic rings. The zero-order valence-corrected chi connectivity index (χ0v) is 11.6. The van der Waals surface area contributed by atoms with Gasteiger partial charge in [0.15, 0.2) is 0 Å². The summed E-state index contributed by atoms with van der Waals surface area (Å²) in [6.07, 6.45) is 1.89. The van der Waals surface area contributed by atoms with Crippen LogP contribution >= 0.6 is 11.6 Å². The lowest BCUT2D eigenvalue weighted by molar-refractivity contribution is -0.118. The van der Waals surface area contributed by atoms with E-state index >= 15 is 0 Å². The molecule has 1 amide bonds. The first kappa shape index (κ1) is 13.4. The van der Waals surface area contributed by atoms with Crippen molar-refractivity contribution < 1.29 is 4.79 Å². The van der Waals surface area contributed by atoms with E-state index in [9.17, 15) is 4.79 Å². The lowest BCUT2D eigenvalue weighted by Crippen LogP contribution is -2.38. The number of para-hydroxylation sites is 1. The molecule has 1 fully saturated rings. The van der Waals surface area contributed by atoms with E-state index in [0.717, 1.165) is 37.2 Å². The highest BCUT2D eigenvalue weighted by Crippen LogP contribution is 2.32. The first-order chi connectivity index (χ1) is 8.65. The summed E-state index contributed by atoms with van der Waals surface area (Å²) in [7, 11) is 0. The molecule has 1 atom stereocenters.